The van der Waals surface area contributed by atoms with E-state index in [1.165, 1.54) is 19.3 Å². The molecule has 2 unspecified atom stereocenters. The molecule has 1 rings (SSSR count). The summed E-state index contributed by atoms with van der Waals surface area (Å²) in [4.78, 5) is 0. The van der Waals surface area contributed by atoms with Gasteiger partial charge in [0.15, 0.2) is 0 Å². The van der Waals surface area contributed by atoms with Crippen LogP contribution in [0.4, 0.5) is 0 Å². The van der Waals surface area contributed by atoms with Crippen molar-refractivity contribution in [1.29, 1.82) is 0 Å². The van der Waals surface area contributed by atoms with Gasteiger partial charge in [-0.15, -0.1) is 24.0 Å². The van der Waals surface area contributed by atoms with Crippen LogP contribution >= 0.6 is 24.0 Å². The first kappa shape index (κ1) is 10.5. The lowest BCUT2D eigenvalue weighted by Gasteiger charge is -2.25. The molecule has 0 amide bonds. The molecular weight excluding hydrogens is 169 g/mol. The first-order valence-corrected chi connectivity index (χ1v) is 4.12. The molecule has 2 atom stereocenters. The third kappa shape index (κ3) is 3.09. The minimum absolute atomic E-state index is 0. The van der Waals surface area contributed by atoms with E-state index in [9.17, 15) is 0 Å². The summed E-state index contributed by atoms with van der Waals surface area (Å²) in [5.74, 6) is 0. The molecule has 0 radical (unpaired) electrons. The van der Waals surface area contributed by atoms with Gasteiger partial charge in [-0.2, -0.15) is 0 Å². The van der Waals surface area contributed by atoms with E-state index in [1.54, 1.807) is 0 Å². The van der Waals surface area contributed by atoms with Crippen LogP contribution in [0, 0.1) is 0 Å². The van der Waals surface area contributed by atoms with Crippen molar-refractivity contribution in [1.82, 2.24) is 5.32 Å². The molecule has 0 spiro atoms. The molecule has 1 N–H and O–H groups in total. The van der Waals surface area contributed by atoms with E-state index in [4.69, 9.17) is 11.6 Å². The van der Waals surface area contributed by atoms with Crippen molar-refractivity contribution in [3.05, 3.63) is 0 Å². The van der Waals surface area contributed by atoms with Crippen LogP contribution in [0.5, 0.6) is 0 Å². The summed E-state index contributed by atoms with van der Waals surface area (Å²) in [6.45, 7) is 3.21. The van der Waals surface area contributed by atoms with Gasteiger partial charge >= 0.3 is 0 Å². The van der Waals surface area contributed by atoms with Crippen molar-refractivity contribution >= 4 is 24.0 Å². The quantitative estimate of drug-likeness (QED) is 0.616. The zero-order chi connectivity index (χ0) is 6.69. The summed E-state index contributed by atoms with van der Waals surface area (Å²) in [6.07, 6.45) is 3.92. The van der Waals surface area contributed by atoms with Crippen molar-refractivity contribution in [3.8, 4) is 0 Å². The van der Waals surface area contributed by atoms with E-state index in [0.29, 0.717) is 11.4 Å². The molecular formula is C7H15Cl2N. The lowest BCUT2D eigenvalue weighted by Crippen LogP contribution is -2.39. The average Bonchev–Trinajstić information content (AvgIpc) is 1.90. The van der Waals surface area contributed by atoms with Crippen molar-refractivity contribution in [2.45, 2.75) is 37.6 Å². The SMILES string of the molecule is CC(Cl)C1CCCCN1.Cl. The summed E-state index contributed by atoms with van der Waals surface area (Å²) in [5.41, 5.74) is 0. The Morgan fingerprint density at radius 2 is 2.20 bits per heavy atom. The van der Waals surface area contributed by atoms with E-state index in [0.717, 1.165) is 6.54 Å². The molecule has 0 bridgehead atoms. The van der Waals surface area contributed by atoms with E-state index in [1.807, 2.05) is 0 Å². The van der Waals surface area contributed by atoms with Gasteiger partial charge in [-0.3, -0.25) is 0 Å². The van der Waals surface area contributed by atoms with Crippen LogP contribution in [0.3, 0.4) is 0 Å². The molecule has 3 heteroatoms. The van der Waals surface area contributed by atoms with Crippen LogP contribution in [-0.2, 0) is 0 Å². The molecule has 62 valence electrons. The summed E-state index contributed by atoms with van der Waals surface area (Å²) >= 11 is 5.89. The van der Waals surface area contributed by atoms with Gasteiger partial charge in [0, 0.05) is 11.4 Å². The maximum Gasteiger partial charge on any atom is 0.0461 e. The van der Waals surface area contributed by atoms with Gasteiger partial charge in [0.05, 0.1) is 0 Å². The summed E-state index contributed by atoms with van der Waals surface area (Å²) in [7, 11) is 0. The maximum atomic E-state index is 5.89. The monoisotopic (exact) mass is 183 g/mol. The minimum atomic E-state index is 0. The van der Waals surface area contributed by atoms with Crippen LogP contribution in [-0.4, -0.2) is 18.0 Å². The highest BCUT2D eigenvalue weighted by Gasteiger charge is 2.16. The van der Waals surface area contributed by atoms with Gasteiger partial charge in [0.2, 0.25) is 0 Å². The molecule has 1 fully saturated rings. The second-order valence-electron chi connectivity index (χ2n) is 2.73. The molecule has 0 saturated carbocycles. The lowest BCUT2D eigenvalue weighted by molar-refractivity contribution is 0.396. The van der Waals surface area contributed by atoms with Crippen LogP contribution in [0.2, 0.25) is 0 Å². The molecule has 0 aromatic heterocycles. The van der Waals surface area contributed by atoms with Gasteiger partial charge in [0.1, 0.15) is 0 Å². The maximum absolute atomic E-state index is 5.89. The topological polar surface area (TPSA) is 12.0 Å². The fourth-order valence-corrected chi connectivity index (χ4v) is 1.49. The predicted octanol–water partition coefficient (Wildman–Crippen LogP) is 2.18. The third-order valence-electron chi connectivity index (χ3n) is 1.90. The highest BCUT2D eigenvalue weighted by molar-refractivity contribution is 6.20. The van der Waals surface area contributed by atoms with Crippen LogP contribution in [0.15, 0.2) is 0 Å². The Kier molecular flexibility index (Phi) is 5.51. The predicted molar refractivity (Wildman–Crippen MR) is 48.2 cm³/mol. The molecule has 1 heterocycles. The number of nitrogens with one attached hydrogen (secondary N) is 1. The summed E-state index contributed by atoms with van der Waals surface area (Å²) in [6, 6.07) is 0.570. The number of rotatable bonds is 1. The van der Waals surface area contributed by atoms with Crippen LogP contribution < -0.4 is 5.32 Å². The largest absolute Gasteiger partial charge is 0.313 e. The number of piperidine rings is 1. The van der Waals surface area contributed by atoms with Crippen molar-refractivity contribution in [2.75, 3.05) is 6.54 Å². The smallest absolute Gasteiger partial charge is 0.0461 e. The first-order valence-electron chi connectivity index (χ1n) is 3.68. The van der Waals surface area contributed by atoms with Gasteiger partial charge in [-0.25, -0.2) is 0 Å². The van der Waals surface area contributed by atoms with E-state index in [-0.39, 0.29) is 12.4 Å². The Bertz CT molecular complexity index is 79.7. The number of hydrogen-bond acceptors (Lipinski definition) is 1. The Labute approximate surface area is 73.9 Å². The normalized spacial score (nSPS) is 28.8. The van der Waals surface area contributed by atoms with Crippen LogP contribution in [0.1, 0.15) is 26.2 Å². The highest BCUT2D eigenvalue weighted by atomic mass is 35.5. The molecule has 0 aliphatic carbocycles. The minimum Gasteiger partial charge on any atom is -0.313 e. The second-order valence-corrected chi connectivity index (χ2v) is 3.42. The molecule has 10 heavy (non-hydrogen) atoms. The summed E-state index contributed by atoms with van der Waals surface area (Å²) in [5, 5.41) is 3.68. The Morgan fingerprint density at radius 3 is 2.50 bits per heavy atom. The number of halogens is 2. The van der Waals surface area contributed by atoms with E-state index in [2.05, 4.69) is 12.2 Å². The number of alkyl halides is 1. The fourth-order valence-electron chi connectivity index (χ4n) is 1.27. The van der Waals surface area contributed by atoms with E-state index >= 15 is 0 Å². The van der Waals surface area contributed by atoms with Crippen molar-refractivity contribution in [2.24, 2.45) is 0 Å². The van der Waals surface area contributed by atoms with Gasteiger partial charge in [-0.05, 0) is 26.3 Å². The third-order valence-corrected chi connectivity index (χ3v) is 2.21. The van der Waals surface area contributed by atoms with E-state index < -0.39 is 0 Å². The lowest BCUT2D eigenvalue weighted by atomic mass is 10.0. The van der Waals surface area contributed by atoms with Gasteiger partial charge < -0.3 is 5.32 Å². The highest BCUT2D eigenvalue weighted by Crippen LogP contribution is 2.13. The Morgan fingerprint density at radius 1 is 1.50 bits per heavy atom. The Balaban J connectivity index is 0.000000810. The Hall–Kier alpha value is 0.540. The molecule has 0 aromatic rings. The van der Waals surface area contributed by atoms with Crippen molar-refractivity contribution < 1.29 is 0 Å². The fraction of sp³-hybridized carbons (Fsp3) is 1.00. The molecule has 1 saturated heterocycles. The zero-order valence-electron chi connectivity index (χ0n) is 6.27. The van der Waals surface area contributed by atoms with Gasteiger partial charge in [-0.1, -0.05) is 6.42 Å². The summed E-state index contributed by atoms with van der Waals surface area (Å²) < 4.78 is 0. The van der Waals surface area contributed by atoms with Crippen LogP contribution in [0.25, 0.3) is 0 Å². The zero-order valence-corrected chi connectivity index (χ0v) is 7.84. The van der Waals surface area contributed by atoms with Gasteiger partial charge in [0.25, 0.3) is 0 Å². The first-order chi connectivity index (χ1) is 4.30. The molecule has 1 aliphatic rings. The molecule has 0 aromatic carbocycles. The second kappa shape index (κ2) is 5.22. The van der Waals surface area contributed by atoms with Crippen molar-refractivity contribution in [3.63, 3.8) is 0 Å². The standard InChI is InChI=1S/C7H14ClN.ClH/c1-6(8)7-4-2-3-5-9-7;/h6-7,9H,2-5H2,1H3;1H. The average molecular weight is 184 g/mol. The molecule has 1 nitrogen and oxygen atoms in total. The molecule has 1 aliphatic heterocycles. The number of hydrogen-bond donors (Lipinski definition) is 1.